The molecule has 0 aliphatic heterocycles. The fourth-order valence-corrected chi connectivity index (χ4v) is 8.23. The number of aryl methyl sites for hydroxylation is 12. The minimum atomic E-state index is -2.24. The molecule has 3 aromatic heterocycles. The van der Waals surface area contributed by atoms with Gasteiger partial charge in [0.1, 0.15) is 21.1 Å². The summed E-state index contributed by atoms with van der Waals surface area (Å²) >= 11 is 0. The zero-order valence-corrected chi connectivity index (χ0v) is 38.7. The van der Waals surface area contributed by atoms with E-state index in [0.717, 1.165) is 72.7 Å². The van der Waals surface area contributed by atoms with Gasteiger partial charge < -0.3 is 0 Å². The van der Waals surface area contributed by atoms with Crippen LogP contribution < -0.4 is 13.7 Å². The van der Waals surface area contributed by atoms with Gasteiger partial charge in [0.05, 0.1) is 0 Å². The van der Waals surface area contributed by atoms with Crippen LogP contribution in [0.4, 0.5) is 0 Å². The maximum atomic E-state index is 7.97. The van der Waals surface area contributed by atoms with Crippen molar-refractivity contribution >= 4 is 0 Å². The molecule has 9 rings (SSSR count). The van der Waals surface area contributed by atoms with Crippen LogP contribution in [-0.4, -0.2) is 0 Å². The van der Waals surface area contributed by atoms with Crippen molar-refractivity contribution in [1.82, 2.24) is 0 Å². The number of hydrogen-bond acceptors (Lipinski definition) is 0. The molecular formula is C63H66N3+3. The van der Waals surface area contributed by atoms with Crippen molar-refractivity contribution in [3.63, 3.8) is 0 Å². The molecule has 9 aromatic rings. The number of rotatable bonds is 6. The van der Waals surface area contributed by atoms with Gasteiger partial charge in [-0.15, -0.1) is 0 Å². The Balaban J connectivity index is 0.000000176. The predicted molar refractivity (Wildman–Crippen MR) is 278 cm³/mol. The molecule has 0 aliphatic rings. The quantitative estimate of drug-likeness (QED) is 0.148. The van der Waals surface area contributed by atoms with Crippen molar-refractivity contribution in [3.05, 3.63) is 232 Å². The first-order chi connectivity index (χ1) is 37.7. The highest BCUT2D eigenvalue weighted by atomic mass is 14.9. The van der Waals surface area contributed by atoms with Gasteiger partial charge >= 0.3 is 0 Å². The molecule has 0 spiro atoms. The Kier molecular flexibility index (Phi) is 9.68. The zero-order chi connectivity index (χ0) is 59.6. The van der Waals surface area contributed by atoms with Gasteiger partial charge in [-0.1, -0.05) is 109 Å². The van der Waals surface area contributed by atoms with Gasteiger partial charge in [-0.3, -0.25) is 0 Å². The third-order valence-corrected chi connectivity index (χ3v) is 11.8. The molecule has 0 amide bonds. The topological polar surface area (TPSA) is 11.6 Å². The summed E-state index contributed by atoms with van der Waals surface area (Å²) in [6.07, 6.45) is 5.23. The average Bonchev–Trinajstić information content (AvgIpc) is 3.40. The maximum absolute atomic E-state index is 7.97. The summed E-state index contributed by atoms with van der Waals surface area (Å²) in [5.74, 6) is 0. The number of hydrogen-bond donors (Lipinski definition) is 0. The Morgan fingerprint density at radius 1 is 0.303 bits per heavy atom. The summed E-state index contributed by atoms with van der Waals surface area (Å²) in [6, 6.07) is 50.8. The summed E-state index contributed by atoms with van der Waals surface area (Å²) in [5.41, 5.74) is 15.0. The fourth-order valence-electron chi connectivity index (χ4n) is 8.23. The lowest BCUT2D eigenvalue weighted by molar-refractivity contribution is -0.660. The van der Waals surface area contributed by atoms with Crippen LogP contribution in [0.5, 0.6) is 0 Å². The van der Waals surface area contributed by atoms with Gasteiger partial charge in [-0.2, -0.15) is 0 Å². The van der Waals surface area contributed by atoms with E-state index < -0.39 is 34.3 Å². The lowest BCUT2D eigenvalue weighted by Crippen LogP contribution is -2.31. The average molecular weight is 880 g/mol. The summed E-state index contributed by atoms with van der Waals surface area (Å²) in [7, 11) is 5.60. The van der Waals surface area contributed by atoms with Crippen molar-refractivity contribution < 1.29 is 34.3 Å². The molecule has 330 valence electrons. The highest BCUT2D eigenvalue weighted by Gasteiger charge is 2.18. The van der Waals surface area contributed by atoms with Crippen LogP contribution in [0.2, 0.25) is 0 Å². The van der Waals surface area contributed by atoms with Crippen molar-refractivity contribution in [2.24, 2.45) is 21.1 Å². The van der Waals surface area contributed by atoms with Crippen molar-refractivity contribution in [2.45, 2.75) is 62.0 Å². The van der Waals surface area contributed by atoms with Gasteiger partial charge in [0.15, 0.2) is 18.6 Å². The Hall–Kier alpha value is -7.23. The summed E-state index contributed by atoms with van der Waals surface area (Å²) in [5, 5.41) is 0. The molecule has 0 saturated heterocycles. The first-order valence-corrected chi connectivity index (χ1v) is 21.8. The first-order valence-electron chi connectivity index (χ1n) is 29.3. The van der Waals surface area contributed by atoms with E-state index >= 15 is 0 Å². The predicted octanol–water partition coefficient (Wildman–Crippen LogP) is 14.3. The maximum Gasteiger partial charge on any atom is 0.212 e. The van der Waals surface area contributed by atoms with E-state index in [0.29, 0.717) is 38.9 Å². The Morgan fingerprint density at radius 2 is 0.712 bits per heavy atom. The molecule has 0 fully saturated rings. The molecule has 3 heterocycles. The molecule has 66 heavy (non-hydrogen) atoms. The highest BCUT2D eigenvalue weighted by molar-refractivity contribution is 5.78. The van der Waals surface area contributed by atoms with E-state index in [9.17, 15) is 0 Å². The van der Waals surface area contributed by atoms with Crippen molar-refractivity contribution in [3.8, 4) is 67.2 Å². The van der Waals surface area contributed by atoms with E-state index in [4.69, 9.17) is 20.6 Å². The number of benzene rings is 6. The van der Waals surface area contributed by atoms with Gasteiger partial charge in [0.2, 0.25) is 17.1 Å². The van der Waals surface area contributed by atoms with Crippen LogP contribution in [-0.2, 0) is 21.1 Å². The van der Waals surface area contributed by atoms with Gasteiger partial charge in [0, 0.05) is 72.6 Å². The van der Waals surface area contributed by atoms with Gasteiger partial charge in [0.25, 0.3) is 0 Å². The van der Waals surface area contributed by atoms with Crippen LogP contribution in [0, 0.1) is 62.0 Å². The lowest BCUT2D eigenvalue weighted by Gasteiger charge is -2.12. The lowest BCUT2D eigenvalue weighted by atomic mass is 9.93. The van der Waals surface area contributed by atoms with Crippen LogP contribution in [0.3, 0.4) is 0 Å². The first kappa shape index (κ1) is 30.8. The largest absolute Gasteiger partial charge is 0.212 e. The molecule has 0 radical (unpaired) electrons. The second kappa shape index (κ2) is 20.7. The summed E-state index contributed by atoms with van der Waals surface area (Å²) in [6.45, 7) is -3.47. The molecule has 0 aliphatic carbocycles. The number of aromatic nitrogens is 3. The monoisotopic (exact) mass is 880 g/mol. The van der Waals surface area contributed by atoms with Crippen LogP contribution >= 0.6 is 0 Å². The van der Waals surface area contributed by atoms with Crippen LogP contribution in [0.25, 0.3) is 67.2 Å². The normalized spacial score (nSPS) is 15.0. The third-order valence-electron chi connectivity index (χ3n) is 11.8. The van der Waals surface area contributed by atoms with E-state index in [-0.39, 0.29) is 5.56 Å². The molecule has 6 aromatic carbocycles. The van der Waals surface area contributed by atoms with Crippen LogP contribution in [0.15, 0.2) is 182 Å². The Bertz CT molecular complexity index is 3690. The third kappa shape index (κ3) is 10.6. The zero-order valence-electron chi connectivity index (χ0n) is 53.7. The van der Waals surface area contributed by atoms with E-state index in [2.05, 4.69) is 0 Å². The second-order valence-corrected chi connectivity index (χ2v) is 16.7. The van der Waals surface area contributed by atoms with Gasteiger partial charge in [-0.05, 0) is 165 Å². The minimum Gasteiger partial charge on any atom is -0.201 e. The molecular weight excluding hydrogens is 799 g/mol. The summed E-state index contributed by atoms with van der Waals surface area (Å²) in [4.78, 5) is 0. The molecule has 0 saturated carbocycles. The molecule has 0 N–H and O–H groups in total. The highest BCUT2D eigenvalue weighted by Crippen LogP contribution is 2.34. The fraction of sp³-hybridized carbons (Fsp3) is 0.190. The summed E-state index contributed by atoms with van der Waals surface area (Å²) < 4.78 is 123. The van der Waals surface area contributed by atoms with Gasteiger partial charge in [-0.25, -0.2) is 13.7 Å². The Morgan fingerprint density at radius 3 is 1.12 bits per heavy atom. The SMILES string of the molecule is [2H]C([2H])([2H])c1c[n+](C)c(-c2cc(-c3ccccc3)c(C([2H])([2H])[2H])cc2C)cc1C.[2H]C([2H])([2H])c1cc(C)c(-c2cccc[n+]2C)cc1-c1ccccc1.[2H]C([2H])([2H])c1ccc(-c2cc(-c3ccccc3)c(C([2H])([2H])[2H])cc2C)[n+](C)c1. The second-order valence-electron chi connectivity index (χ2n) is 16.7. The smallest absolute Gasteiger partial charge is 0.201 e. The minimum absolute atomic E-state index is 0.263. The molecule has 0 atom stereocenters. The van der Waals surface area contributed by atoms with E-state index in [1.54, 1.807) is 65.8 Å². The molecule has 0 unspecified atom stereocenters. The molecule has 3 nitrogen and oxygen atoms in total. The Labute approximate surface area is 416 Å². The number of nitrogens with zero attached hydrogens (tertiary/aromatic N) is 3. The molecule has 3 heteroatoms. The van der Waals surface area contributed by atoms with Crippen molar-refractivity contribution in [2.75, 3.05) is 0 Å². The molecule has 0 bridgehead atoms. The van der Waals surface area contributed by atoms with E-state index in [1.807, 2.05) is 179 Å². The number of pyridine rings is 3. The van der Waals surface area contributed by atoms with Crippen LogP contribution in [0.1, 0.15) is 70.6 Å². The standard InChI is InChI=1S/C22H24N.C21H22N.C20H20N/c1-15-12-22(23(5)14-18(15)4)21-13-20(16(2)11-17(21)3)19-9-7-6-8-10-19;1-15-10-11-21(22(4)14-15)20-13-19(16(2)12-17(20)3)18-8-6-5-7-9-18;1-15-13-16(2)19(20-11-7-8-12-21(20)3)14-18(15)17-9-5-4-6-10-17/h6-14H,1-5H3;5-14H,1-4H3;4-14H,1-3H3/q3*+1/i2D3,4D3;1D3,2D3;1D3. The van der Waals surface area contributed by atoms with E-state index in [1.165, 1.54) is 0 Å². The van der Waals surface area contributed by atoms with Crippen molar-refractivity contribution in [1.29, 1.82) is 0 Å².